The molecule has 0 unspecified atom stereocenters. The molecule has 18 heavy (non-hydrogen) atoms. The van der Waals surface area contributed by atoms with Crippen LogP contribution in [-0.4, -0.2) is 21.3 Å². The van der Waals surface area contributed by atoms with Gasteiger partial charge in [0.25, 0.3) is 0 Å². The molecule has 0 saturated heterocycles. The summed E-state index contributed by atoms with van der Waals surface area (Å²) in [5.74, 6) is 1.83. The number of methoxy groups -OCH3 is 2. The van der Waals surface area contributed by atoms with Crippen molar-refractivity contribution in [3.05, 3.63) is 21.7 Å². The molecule has 1 aromatic rings. The summed E-state index contributed by atoms with van der Waals surface area (Å²) in [6.45, 7) is 4.87. The van der Waals surface area contributed by atoms with Crippen LogP contribution in [0.1, 0.15) is 30.9 Å². The summed E-state index contributed by atoms with van der Waals surface area (Å²) in [7, 11) is 4.90. The second kappa shape index (κ2) is 6.97. The van der Waals surface area contributed by atoms with E-state index in [0.717, 1.165) is 27.1 Å². The SMILES string of the molecule is CONCc1cc(Br)c(OC)c(OC)c1C(C)C. The second-order valence-electron chi connectivity index (χ2n) is 4.18. The van der Waals surface area contributed by atoms with E-state index < -0.39 is 0 Å². The molecular formula is C13H20BrNO3. The Kier molecular flexibility index (Phi) is 5.91. The highest BCUT2D eigenvalue weighted by Gasteiger charge is 2.20. The highest BCUT2D eigenvalue weighted by Crippen LogP contribution is 2.43. The summed E-state index contributed by atoms with van der Waals surface area (Å²) in [6.07, 6.45) is 0. The molecule has 5 heteroatoms. The molecule has 0 aliphatic heterocycles. The van der Waals surface area contributed by atoms with E-state index >= 15 is 0 Å². The summed E-state index contributed by atoms with van der Waals surface area (Å²) in [5.41, 5.74) is 5.11. The minimum absolute atomic E-state index is 0.329. The third kappa shape index (κ3) is 3.16. The lowest BCUT2D eigenvalue weighted by Crippen LogP contribution is -2.14. The molecule has 0 radical (unpaired) electrons. The van der Waals surface area contributed by atoms with E-state index in [1.54, 1.807) is 21.3 Å². The van der Waals surface area contributed by atoms with E-state index in [0.29, 0.717) is 12.5 Å². The van der Waals surface area contributed by atoms with Gasteiger partial charge in [-0.3, -0.25) is 0 Å². The van der Waals surface area contributed by atoms with Crippen molar-refractivity contribution in [1.29, 1.82) is 0 Å². The molecule has 0 aromatic heterocycles. The average Bonchev–Trinajstić information content (AvgIpc) is 2.34. The van der Waals surface area contributed by atoms with Gasteiger partial charge >= 0.3 is 0 Å². The smallest absolute Gasteiger partial charge is 0.175 e. The molecule has 0 aliphatic carbocycles. The first-order valence-electron chi connectivity index (χ1n) is 5.75. The van der Waals surface area contributed by atoms with Crippen molar-refractivity contribution >= 4 is 15.9 Å². The van der Waals surface area contributed by atoms with E-state index in [-0.39, 0.29) is 0 Å². The third-order valence-electron chi connectivity index (χ3n) is 2.71. The zero-order valence-corrected chi connectivity index (χ0v) is 13.1. The molecule has 0 heterocycles. The topological polar surface area (TPSA) is 39.7 Å². The standard InChI is InChI=1S/C13H20BrNO3/c1-8(2)11-9(7-15-18-5)6-10(14)12(16-3)13(11)17-4/h6,8,15H,7H2,1-5H3. The Morgan fingerprint density at radius 2 is 1.78 bits per heavy atom. The Bertz CT molecular complexity index is 408. The number of halogens is 1. The first-order valence-corrected chi connectivity index (χ1v) is 6.55. The Balaban J connectivity index is 3.37. The fourth-order valence-corrected chi connectivity index (χ4v) is 2.61. The predicted molar refractivity (Wildman–Crippen MR) is 75.2 cm³/mol. The summed E-state index contributed by atoms with van der Waals surface area (Å²) in [5, 5.41) is 0. The third-order valence-corrected chi connectivity index (χ3v) is 3.30. The van der Waals surface area contributed by atoms with Gasteiger partial charge in [-0.05, 0) is 33.5 Å². The number of benzene rings is 1. The van der Waals surface area contributed by atoms with Crippen molar-refractivity contribution in [2.45, 2.75) is 26.3 Å². The van der Waals surface area contributed by atoms with Crippen LogP contribution in [0.15, 0.2) is 10.5 Å². The molecule has 102 valence electrons. The molecule has 4 nitrogen and oxygen atoms in total. The molecular weight excluding hydrogens is 298 g/mol. The lowest BCUT2D eigenvalue weighted by Gasteiger charge is -2.20. The van der Waals surface area contributed by atoms with Gasteiger partial charge in [-0.15, -0.1) is 0 Å². The van der Waals surface area contributed by atoms with E-state index in [9.17, 15) is 0 Å². The summed E-state index contributed by atoms with van der Waals surface area (Å²) >= 11 is 3.50. The molecule has 1 aromatic carbocycles. The number of hydroxylamine groups is 1. The van der Waals surface area contributed by atoms with Gasteiger partial charge in [0.1, 0.15) is 0 Å². The molecule has 1 rings (SSSR count). The van der Waals surface area contributed by atoms with Gasteiger partial charge in [0.2, 0.25) is 0 Å². The maximum atomic E-state index is 5.51. The van der Waals surface area contributed by atoms with Crippen LogP contribution in [-0.2, 0) is 11.4 Å². The van der Waals surface area contributed by atoms with Crippen molar-refractivity contribution in [2.75, 3.05) is 21.3 Å². The molecule has 1 N–H and O–H groups in total. The van der Waals surface area contributed by atoms with Gasteiger partial charge in [0, 0.05) is 12.1 Å². The lowest BCUT2D eigenvalue weighted by atomic mass is 9.95. The molecule has 0 spiro atoms. The van der Waals surface area contributed by atoms with Gasteiger partial charge in [0.05, 0.1) is 25.8 Å². The maximum Gasteiger partial charge on any atom is 0.175 e. The Morgan fingerprint density at radius 3 is 2.22 bits per heavy atom. The van der Waals surface area contributed by atoms with Crippen molar-refractivity contribution in [1.82, 2.24) is 5.48 Å². The minimum atomic E-state index is 0.329. The Hall–Kier alpha value is -0.780. The van der Waals surface area contributed by atoms with E-state index in [1.807, 2.05) is 6.07 Å². The fraction of sp³-hybridized carbons (Fsp3) is 0.538. The zero-order valence-electron chi connectivity index (χ0n) is 11.5. The van der Waals surface area contributed by atoms with Gasteiger partial charge in [-0.1, -0.05) is 13.8 Å². The Labute approximate surface area is 117 Å². The van der Waals surface area contributed by atoms with Crippen LogP contribution in [0.5, 0.6) is 11.5 Å². The van der Waals surface area contributed by atoms with E-state index in [2.05, 4.69) is 35.3 Å². The first kappa shape index (κ1) is 15.3. The van der Waals surface area contributed by atoms with Crippen molar-refractivity contribution < 1.29 is 14.3 Å². The van der Waals surface area contributed by atoms with E-state index in [1.165, 1.54) is 0 Å². The maximum absolute atomic E-state index is 5.51. The predicted octanol–water partition coefficient (Wildman–Crippen LogP) is 3.24. The van der Waals surface area contributed by atoms with Gasteiger partial charge < -0.3 is 14.3 Å². The quantitative estimate of drug-likeness (QED) is 0.818. The second-order valence-corrected chi connectivity index (χ2v) is 5.03. The number of hydrogen-bond donors (Lipinski definition) is 1. The van der Waals surface area contributed by atoms with Gasteiger partial charge in [0.15, 0.2) is 11.5 Å². The van der Waals surface area contributed by atoms with Crippen LogP contribution < -0.4 is 15.0 Å². The van der Waals surface area contributed by atoms with Crippen LogP contribution in [0.25, 0.3) is 0 Å². The Morgan fingerprint density at radius 1 is 1.17 bits per heavy atom. The lowest BCUT2D eigenvalue weighted by molar-refractivity contribution is 0.0864. The summed E-state index contributed by atoms with van der Waals surface area (Å²) < 4.78 is 11.8. The van der Waals surface area contributed by atoms with Crippen LogP contribution in [0.4, 0.5) is 0 Å². The fourth-order valence-electron chi connectivity index (χ4n) is 1.99. The molecule has 0 bridgehead atoms. The van der Waals surface area contributed by atoms with Crippen LogP contribution in [0.3, 0.4) is 0 Å². The molecule has 0 fully saturated rings. The van der Waals surface area contributed by atoms with E-state index in [4.69, 9.17) is 14.3 Å². The molecule has 0 atom stereocenters. The van der Waals surface area contributed by atoms with Crippen LogP contribution in [0.2, 0.25) is 0 Å². The minimum Gasteiger partial charge on any atom is -0.493 e. The van der Waals surface area contributed by atoms with Crippen LogP contribution >= 0.6 is 15.9 Å². The first-order chi connectivity index (χ1) is 8.56. The number of nitrogens with one attached hydrogen (secondary N) is 1. The monoisotopic (exact) mass is 317 g/mol. The average molecular weight is 318 g/mol. The number of rotatable bonds is 6. The summed E-state index contributed by atoms with van der Waals surface area (Å²) in [6, 6.07) is 2.03. The highest BCUT2D eigenvalue weighted by molar-refractivity contribution is 9.10. The van der Waals surface area contributed by atoms with Crippen LogP contribution in [0, 0.1) is 0 Å². The van der Waals surface area contributed by atoms with Gasteiger partial charge in [-0.25, -0.2) is 0 Å². The largest absolute Gasteiger partial charge is 0.493 e. The molecule has 0 aliphatic rings. The zero-order chi connectivity index (χ0) is 13.7. The van der Waals surface area contributed by atoms with Crippen molar-refractivity contribution in [2.24, 2.45) is 0 Å². The van der Waals surface area contributed by atoms with Gasteiger partial charge in [-0.2, -0.15) is 5.48 Å². The normalized spacial score (nSPS) is 10.8. The number of hydrogen-bond acceptors (Lipinski definition) is 4. The molecule has 0 amide bonds. The van der Waals surface area contributed by atoms with Crippen molar-refractivity contribution in [3.8, 4) is 11.5 Å². The summed E-state index contributed by atoms with van der Waals surface area (Å²) in [4.78, 5) is 4.91. The number of ether oxygens (including phenoxy) is 2. The van der Waals surface area contributed by atoms with Crippen molar-refractivity contribution in [3.63, 3.8) is 0 Å². The molecule has 0 saturated carbocycles. The highest BCUT2D eigenvalue weighted by atomic mass is 79.9.